The number of oxazole rings is 1. The van der Waals surface area contributed by atoms with Crippen LogP contribution in [0, 0.1) is 0 Å². The first-order valence-electron chi connectivity index (χ1n) is 7.06. The number of aryl methyl sites for hydroxylation is 1. The number of rotatable bonds is 7. The van der Waals surface area contributed by atoms with E-state index < -0.39 is 0 Å². The number of nitrogens with one attached hydrogen (secondary N) is 1. The molecule has 0 saturated carbocycles. The molecule has 1 aromatic carbocycles. The second-order valence-corrected chi connectivity index (χ2v) is 4.79. The Hall–Kier alpha value is -2.01. The highest BCUT2D eigenvalue weighted by molar-refractivity contribution is 5.43. The van der Waals surface area contributed by atoms with Gasteiger partial charge in [-0.15, -0.1) is 0 Å². The molecule has 0 aliphatic rings. The number of nitrogens with zero attached hydrogens (tertiary/aromatic N) is 1. The molecule has 1 aromatic heterocycles. The molecular formula is C16H22N2O3. The van der Waals surface area contributed by atoms with Gasteiger partial charge in [0.25, 0.3) is 0 Å². The van der Waals surface area contributed by atoms with Crippen LogP contribution in [-0.4, -0.2) is 19.2 Å². The number of ether oxygens (including phenoxy) is 2. The zero-order chi connectivity index (χ0) is 15.2. The van der Waals surface area contributed by atoms with Gasteiger partial charge in [0.1, 0.15) is 5.76 Å². The molecule has 0 bridgehead atoms. The summed E-state index contributed by atoms with van der Waals surface area (Å²) in [5, 5.41) is 3.39. The summed E-state index contributed by atoms with van der Waals surface area (Å²) in [5.74, 6) is 3.08. The summed E-state index contributed by atoms with van der Waals surface area (Å²) >= 11 is 0. The second-order valence-electron chi connectivity index (χ2n) is 4.79. The molecule has 0 radical (unpaired) electrons. The molecule has 0 fully saturated rings. The van der Waals surface area contributed by atoms with E-state index in [0.717, 1.165) is 29.2 Å². The Morgan fingerprint density at radius 1 is 1.24 bits per heavy atom. The lowest BCUT2D eigenvalue weighted by Crippen LogP contribution is -2.18. The number of aromatic nitrogens is 1. The zero-order valence-corrected chi connectivity index (χ0v) is 13.0. The fraction of sp³-hybridized carbons (Fsp3) is 0.438. The molecule has 5 nitrogen and oxygen atoms in total. The number of hydrogen-bond acceptors (Lipinski definition) is 5. The highest BCUT2D eigenvalue weighted by Crippen LogP contribution is 2.29. The van der Waals surface area contributed by atoms with Crippen LogP contribution >= 0.6 is 0 Å². The third kappa shape index (κ3) is 3.76. The molecule has 1 unspecified atom stereocenters. The molecular weight excluding hydrogens is 268 g/mol. The maximum Gasteiger partial charge on any atom is 0.208 e. The summed E-state index contributed by atoms with van der Waals surface area (Å²) in [7, 11) is 3.27. The van der Waals surface area contributed by atoms with Crippen LogP contribution in [0.1, 0.15) is 37.1 Å². The normalized spacial score (nSPS) is 12.2. The average molecular weight is 290 g/mol. The quantitative estimate of drug-likeness (QED) is 0.849. The van der Waals surface area contributed by atoms with Gasteiger partial charge in [-0.1, -0.05) is 13.0 Å². The van der Waals surface area contributed by atoms with Gasteiger partial charge in [0, 0.05) is 12.5 Å². The SMILES string of the molecule is CCc1cnc(CNC(C)c2ccc(OC)c(OC)c2)o1. The van der Waals surface area contributed by atoms with E-state index >= 15 is 0 Å². The minimum atomic E-state index is 0.154. The van der Waals surface area contributed by atoms with Crippen molar-refractivity contribution in [2.45, 2.75) is 32.9 Å². The van der Waals surface area contributed by atoms with Crippen LogP contribution < -0.4 is 14.8 Å². The molecule has 2 aromatic rings. The summed E-state index contributed by atoms with van der Waals surface area (Å²) in [6.45, 7) is 4.73. The molecule has 1 heterocycles. The fourth-order valence-electron chi connectivity index (χ4n) is 2.07. The van der Waals surface area contributed by atoms with Crippen molar-refractivity contribution in [3.8, 4) is 11.5 Å². The molecule has 0 aliphatic heterocycles. The van der Waals surface area contributed by atoms with Crippen molar-refractivity contribution in [1.29, 1.82) is 0 Å². The smallest absolute Gasteiger partial charge is 0.208 e. The van der Waals surface area contributed by atoms with E-state index in [4.69, 9.17) is 13.9 Å². The van der Waals surface area contributed by atoms with E-state index in [1.54, 1.807) is 20.4 Å². The van der Waals surface area contributed by atoms with Gasteiger partial charge in [-0.05, 0) is 24.6 Å². The summed E-state index contributed by atoms with van der Waals surface area (Å²) < 4.78 is 16.2. The minimum Gasteiger partial charge on any atom is -0.493 e. The molecule has 0 saturated heterocycles. The van der Waals surface area contributed by atoms with Crippen molar-refractivity contribution in [2.75, 3.05) is 14.2 Å². The highest BCUT2D eigenvalue weighted by atomic mass is 16.5. The first-order valence-corrected chi connectivity index (χ1v) is 7.06. The Bertz CT molecular complexity index is 581. The predicted octanol–water partition coefficient (Wildman–Crippen LogP) is 3.11. The van der Waals surface area contributed by atoms with Crippen molar-refractivity contribution in [3.63, 3.8) is 0 Å². The molecule has 5 heteroatoms. The molecule has 0 amide bonds. The standard InChI is InChI=1S/C16H22N2O3/c1-5-13-9-18-16(21-13)10-17-11(2)12-6-7-14(19-3)15(8-12)20-4/h6-9,11,17H,5,10H2,1-4H3. The highest BCUT2D eigenvalue weighted by Gasteiger charge is 2.11. The van der Waals surface area contributed by atoms with Crippen LogP contribution in [0.5, 0.6) is 11.5 Å². The van der Waals surface area contributed by atoms with Gasteiger partial charge in [0.05, 0.1) is 27.0 Å². The summed E-state index contributed by atoms with van der Waals surface area (Å²) in [6, 6.07) is 6.06. The van der Waals surface area contributed by atoms with Gasteiger partial charge >= 0.3 is 0 Å². The van der Waals surface area contributed by atoms with Crippen LogP contribution in [0.25, 0.3) is 0 Å². The first-order chi connectivity index (χ1) is 10.2. The monoisotopic (exact) mass is 290 g/mol. The van der Waals surface area contributed by atoms with Crippen LogP contribution in [0.2, 0.25) is 0 Å². The molecule has 2 rings (SSSR count). The summed E-state index contributed by atoms with van der Waals surface area (Å²) in [6.07, 6.45) is 2.64. The Balaban J connectivity index is 2.01. The Kier molecular flexibility index (Phi) is 5.22. The second kappa shape index (κ2) is 7.13. The lowest BCUT2D eigenvalue weighted by atomic mass is 10.1. The van der Waals surface area contributed by atoms with E-state index in [0.29, 0.717) is 12.4 Å². The first kappa shape index (κ1) is 15.4. The fourth-order valence-corrected chi connectivity index (χ4v) is 2.07. The predicted molar refractivity (Wildman–Crippen MR) is 80.7 cm³/mol. The number of methoxy groups -OCH3 is 2. The van der Waals surface area contributed by atoms with Crippen molar-refractivity contribution in [2.24, 2.45) is 0 Å². The van der Waals surface area contributed by atoms with Gasteiger partial charge in [0.15, 0.2) is 11.5 Å². The van der Waals surface area contributed by atoms with Gasteiger partial charge in [0.2, 0.25) is 5.89 Å². The summed E-state index contributed by atoms with van der Waals surface area (Å²) in [5.41, 5.74) is 1.12. The average Bonchev–Trinajstić information content (AvgIpc) is 2.99. The molecule has 114 valence electrons. The molecule has 0 spiro atoms. The van der Waals surface area contributed by atoms with Gasteiger partial charge in [-0.3, -0.25) is 0 Å². The molecule has 0 aliphatic carbocycles. The third-order valence-electron chi connectivity index (χ3n) is 3.42. The van der Waals surface area contributed by atoms with E-state index in [1.165, 1.54) is 0 Å². The van der Waals surface area contributed by atoms with Crippen molar-refractivity contribution in [3.05, 3.63) is 41.6 Å². The molecule has 1 N–H and O–H groups in total. The van der Waals surface area contributed by atoms with E-state index in [1.807, 2.05) is 25.1 Å². The van der Waals surface area contributed by atoms with Crippen molar-refractivity contribution >= 4 is 0 Å². The largest absolute Gasteiger partial charge is 0.493 e. The Morgan fingerprint density at radius 3 is 2.62 bits per heavy atom. The molecule has 21 heavy (non-hydrogen) atoms. The van der Waals surface area contributed by atoms with Gasteiger partial charge in [-0.25, -0.2) is 4.98 Å². The van der Waals surface area contributed by atoms with Crippen molar-refractivity contribution in [1.82, 2.24) is 10.3 Å². The van der Waals surface area contributed by atoms with Gasteiger partial charge < -0.3 is 19.2 Å². The maximum atomic E-state index is 5.58. The number of hydrogen-bond donors (Lipinski definition) is 1. The van der Waals surface area contributed by atoms with E-state index in [-0.39, 0.29) is 6.04 Å². The zero-order valence-electron chi connectivity index (χ0n) is 13.0. The van der Waals surface area contributed by atoms with Crippen molar-refractivity contribution < 1.29 is 13.9 Å². The molecule has 1 atom stereocenters. The van der Waals surface area contributed by atoms with E-state index in [2.05, 4.69) is 17.2 Å². The lowest BCUT2D eigenvalue weighted by molar-refractivity contribution is 0.353. The Labute approximate surface area is 125 Å². The van der Waals surface area contributed by atoms with E-state index in [9.17, 15) is 0 Å². The maximum absolute atomic E-state index is 5.58. The number of benzene rings is 1. The summed E-state index contributed by atoms with van der Waals surface area (Å²) in [4.78, 5) is 4.24. The van der Waals surface area contributed by atoms with Crippen LogP contribution in [0.4, 0.5) is 0 Å². The van der Waals surface area contributed by atoms with Crippen LogP contribution in [0.3, 0.4) is 0 Å². The topological polar surface area (TPSA) is 56.5 Å². The van der Waals surface area contributed by atoms with Crippen LogP contribution in [-0.2, 0) is 13.0 Å². The third-order valence-corrected chi connectivity index (χ3v) is 3.42. The lowest BCUT2D eigenvalue weighted by Gasteiger charge is -2.15. The minimum absolute atomic E-state index is 0.154. The van der Waals surface area contributed by atoms with Gasteiger partial charge in [-0.2, -0.15) is 0 Å². The Morgan fingerprint density at radius 2 is 2.00 bits per heavy atom. The van der Waals surface area contributed by atoms with Crippen LogP contribution in [0.15, 0.2) is 28.8 Å².